The summed E-state index contributed by atoms with van der Waals surface area (Å²) in [5, 5.41) is 58.0. The molecule has 12 nitrogen and oxygen atoms in total. The van der Waals surface area contributed by atoms with Crippen LogP contribution in [0.3, 0.4) is 0 Å². The number of anilines is 1. The van der Waals surface area contributed by atoms with Crippen molar-refractivity contribution in [3.63, 3.8) is 0 Å². The first-order valence-electron chi connectivity index (χ1n) is 6.67. The fourth-order valence-corrected chi connectivity index (χ4v) is 2.04. The highest BCUT2D eigenvalue weighted by Gasteiger charge is 2.32. The van der Waals surface area contributed by atoms with E-state index in [0.29, 0.717) is 0 Å². The van der Waals surface area contributed by atoms with Gasteiger partial charge in [-0.25, -0.2) is 4.63 Å². The summed E-state index contributed by atoms with van der Waals surface area (Å²) in [6, 6.07) is 0.924. The number of aliphatic hydroxyl groups excluding tert-OH is 4. The number of nitrogens with one attached hydrogen (secondary N) is 1. The summed E-state index contributed by atoms with van der Waals surface area (Å²) in [5.41, 5.74) is -0.505. The van der Waals surface area contributed by atoms with Crippen molar-refractivity contribution in [3.05, 3.63) is 22.2 Å². The topological polar surface area (TPSA) is 192 Å². The summed E-state index contributed by atoms with van der Waals surface area (Å²) in [6.07, 6.45) is -4.97. The first-order chi connectivity index (χ1) is 11.4. The maximum Gasteiger partial charge on any atom is 0.300 e. The molecule has 1 aromatic carbocycles. The van der Waals surface area contributed by atoms with Crippen molar-refractivity contribution in [2.75, 3.05) is 11.9 Å². The minimum Gasteiger partial charge on any atom is -0.394 e. The van der Waals surface area contributed by atoms with Gasteiger partial charge in [0, 0.05) is 6.07 Å². The smallest absolute Gasteiger partial charge is 0.300 e. The lowest BCUT2D eigenvalue weighted by atomic mass is 10.0. The highest BCUT2D eigenvalue weighted by atomic mass is 16.6. The van der Waals surface area contributed by atoms with Crippen LogP contribution < -0.4 is 5.32 Å². The standard InChI is InChI=1S/C12H14N4O8/c17-3-6(11(20)12(21)8(19)4-18)13-5-1-2-7(16(22)23)10-9(5)14-24-15-10/h1-3,6,8,11-13,18-21H,4H2/t6-,8-,11-,12-/m1/s1. The van der Waals surface area contributed by atoms with E-state index in [9.17, 15) is 30.2 Å². The molecule has 0 radical (unpaired) electrons. The molecule has 12 heteroatoms. The first kappa shape index (κ1) is 17.7. The minimum atomic E-state index is -1.80. The maximum atomic E-state index is 11.2. The van der Waals surface area contributed by atoms with Gasteiger partial charge < -0.3 is 30.5 Å². The fraction of sp³-hybridized carbons (Fsp3) is 0.417. The SMILES string of the molecule is O=C[C@@H](Nc1ccc([N+](=O)[O-])c2nonc12)[C@@H](O)[C@H](O)[C@H](O)CO. The largest absolute Gasteiger partial charge is 0.394 e. The number of aldehydes is 1. The number of nitro groups is 1. The Morgan fingerprint density at radius 3 is 2.50 bits per heavy atom. The van der Waals surface area contributed by atoms with Crippen LogP contribution in [-0.2, 0) is 4.79 Å². The van der Waals surface area contributed by atoms with Gasteiger partial charge >= 0.3 is 5.69 Å². The molecule has 0 amide bonds. The van der Waals surface area contributed by atoms with E-state index in [0.717, 1.165) is 6.07 Å². The second-order valence-electron chi connectivity index (χ2n) is 4.89. The molecule has 2 rings (SSSR count). The molecule has 130 valence electrons. The van der Waals surface area contributed by atoms with Gasteiger partial charge in [-0.05, 0) is 16.4 Å². The molecule has 5 N–H and O–H groups in total. The number of aliphatic hydroxyl groups is 4. The Bertz CT molecular complexity index is 735. The van der Waals surface area contributed by atoms with Crippen LogP contribution in [0, 0.1) is 10.1 Å². The third kappa shape index (κ3) is 3.30. The zero-order valence-corrected chi connectivity index (χ0v) is 12.0. The first-order valence-corrected chi connectivity index (χ1v) is 6.67. The third-order valence-electron chi connectivity index (χ3n) is 3.36. The van der Waals surface area contributed by atoms with Crippen LogP contribution in [0.4, 0.5) is 11.4 Å². The quantitative estimate of drug-likeness (QED) is 0.206. The van der Waals surface area contributed by atoms with Crippen molar-refractivity contribution >= 4 is 28.7 Å². The Kier molecular flexibility index (Phi) is 5.35. The molecule has 4 atom stereocenters. The van der Waals surface area contributed by atoms with E-state index in [1.54, 1.807) is 0 Å². The van der Waals surface area contributed by atoms with Gasteiger partial charge in [0.15, 0.2) is 5.52 Å². The van der Waals surface area contributed by atoms with Crippen LogP contribution in [0.5, 0.6) is 0 Å². The molecule has 0 aliphatic carbocycles. The van der Waals surface area contributed by atoms with Crippen molar-refractivity contribution in [1.29, 1.82) is 0 Å². The lowest BCUT2D eigenvalue weighted by Crippen LogP contribution is -2.49. The molecule has 0 unspecified atom stereocenters. The number of nitrogens with zero attached hydrogens (tertiary/aromatic N) is 3. The van der Waals surface area contributed by atoms with Gasteiger partial charge in [0.05, 0.1) is 17.2 Å². The molecule has 1 aromatic heterocycles. The van der Waals surface area contributed by atoms with Gasteiger partial charge in [-0.3, -0.25) is 10.1 Å². The molecule has 0 bridgehead atoms. The predicted octanol–water partition coefficient (Wildman–Crippen LogP) is -1.81. The molecular formula is C12H14N4O8. The zero-order chi connectivity index (χ0) is 17.9. The normalized spacial score (nSPS) is 16.3. The number of carbonyl (C=O) groups excluding carboxylic acids is 1. The fourth-order valence-electron chi connectivity index (χ4n) is 2.04. The van der Waals surface area contributed by atoms with Gasteiger partial charge in [-0.15, -0.1) is 0 Å². The summed E-state index contributed by atoms with van der Waals surface area (Å²) >= 11 is 0. The highest BCUT2D eigenvalue weighted by Crippen LogP contribution is 2.29. The molecule has 1 heterocycles. The molecule has 0 saturated carbocycles. The van der Waals surface area contributed by atoms with Gasteiger partial charge in [0.25, 0.3) is 0 Å². The number of benzene rings is 1. The number of non-ortho nitro benzene ring substituents is 1. The predicted molar refractivity (Wildman–Crippen MR) is 77.0 cm³/mol. The molecule has 0 aliphatic rings. The van der Waals surface area contributed by atoms with Crippen molar-refractivity contribution in [1.82, 2.24) is 10.3 Å². The number of hydrogen-bond donors (Lipinski definition) is 5. The summed E-state index contributed by atoms with van der Waals surface area (Å²) in [4.78, 5) is 21.4. The van der Waals surface area contributed by atoms with E-state index in [1.807, 2.05) is 0 Å². The van der Waals surface area contributed by atoms with Gasteiger partial charge in [-0.1, -0.05) is 0 Å². The minimum absolute atomic E-state index is 0.0551. The van der Waals surface area contributed by atoms with Crippen molar-refractivity contribution in [2.24, 2.45) is 0 Å². The number of carbonyl (C=O) groups is 1. The second kappa shape index (κ2) is 7.27. The average molecular weight is 342 g/mol. The number of hydrogen-bond acceptors (Lipinski definition) is 11. The Hall–Kier alpha value is -2.67. The summed E-state index contributed by atoms with van der Waals surface area (Å²) in [5.74, 6) is 0. The van der Waals surface area contributed by atoms with E-state index in [2.05, 4.69) is 20.3 Å². The van der Waals surface area contributed by atoms with Crippen molar-refractivity contribution in [3.8, 4) is 0 Å². The van der Waals surface area contributed by atoms with Gasteiger partial charge in [0.2, 0.25) is 5.52 Å². The second-order valence-corrected chi connectivity index (χ2v) is 4.89. The molecule has 0 spiro atoms. The summed E-state index contributed by atoms with van der Waals surface area (Å²) in [6.45, 7) is -0.821. The van der Waals surface area contributed by atoms with Crippen LogP contribution in [0.1, 0.15) is 0 Å². The van der Waals surface area contributed by atoms with E-state index in [1.165, 1.54) is 6.07 Å². The van der Waals surface area contributed by atoms with E-state index in [-0.39, 0.29) is 28.7 Å². The summed E-state index contributed by atoms with van der Waals surface area (Å²) in [7, 11) is 0. The van der Waals surface area contributed by atoms with Crippen molar-refractivity contribution in [2.45, 2.75) is 24.4 Å². The average Bonchev–Trinajstić information content (AvgIpc) is 3.07. The molecule has 0 saturated heterocycles. The van der Waals surface area contributed by atoms with Crippen LogP contribution >= 0.6 is 0 Å². The van der Waals surface area contributed by atoms with Crippen LogP contribution in [0.2, 0.25) is 0 Å². The van der Waals surface area contributed by atoms with Crippen LogP contribution in [0.25, 0.3) is 11.0 Å². The lowest BCUT2D eigenvalue weighted by molar-refractivity contribution is -0.383. The Labute approximate surface area is 133 Å². The Morgan fingerprint density at radius 1 is 1.25 bits per heavy atom. The molecule has 0 aliphatic heterocycles. The van der Waals surface area contributed by atoms with Crippen LogP contribution in [0.15, 0.2) is 16.8 Å². The van der Waals surface area contributed by atoms with E-state index in [4.69, 9.17) is 5.11 Å². The number of aromatic nitrogens is 2. The molecule has 2 aromatic rings. The number of fused-ring (bicyclic) bond motifs is 1. The number of nitro benzene ring substituents is 1. The Morgan fingerprint density at radius 2 is 1.92 bits per heavy atom. The monoisotopic (exact) mass is 342 g/mol. The van der Waals surface area contributed by atoms with Gasteiger partial charge in [0.1, 0.15) is 30.6 Å². The summed E-state index contributed by atoms with van der Waals surface area (Å²) < 4.78 is 4.46. The third-order valence-corrected chi connectivity index (χ3v) is 3.36. The highest BCUT2D eigenvalue weighted by molar-refractivity contribution is 5.94. The van der Waals surface area contributed by atoms with Crippen molar-refractivity contribution < 1.29 is 34.8 Å². The number of rotatable bonds is 8. The Balaban J connectivity index is 2.30. The van der Waals surface area contributed by atoms with E-state index >= 15 is 0 Å². The van der Waals surface area contributed by atoms with E-state index < -0.39 is 35.9 Å². The molecular weight excluding hydrogens is 328 g/mol. The molecule has 24 heavy (non-hydrogen) atoms. The maximum absolute atomic E-state index is 11.2. The molecule has 0 fully saturated rings. The van der Waals surface area contributed by atoms with Gasteiger partial charge in [-0.2, -0.15) is 0 Å². The lowest BCUT2D eigenvalue weighted by Gasteiger charge is -2.26. The zero-order valence-electron chi connectivity index (χ0n) is 12.0. The van der Waals surface area contributed by atoms with Crippen LogP contribution in [-0.4, -0.2) is 72.9 Å².